The molecule has 5 N–H and O–H groups in total. The summed E-state index contributed by atoms with van der Waals surface area (Å²) in [5.41, 5.74) is 4.95. The van der Waals surface area contributed by atoms with E-state index in [2.05, 4.69) is 4.74 Å². The van der Waals surface area contributed by atoms with Gasteiger partial charge in [0, 0.05) is 7.11 Å². The quantitative estimate of drug-likeness (QED) is 0.568. The predicted molar refractivity (Wildman–Crippen MR) is 37.0 cm³/mol. The highest BCUT2D eigenvalue weighted by Crippen LogP contribution is 1.64. The molecule has 0 fully saturated rings. The summed E-state index contributed by atoms with van der Waals surface area (Å²) < 4.78 is 4.62. The molecule has 0 heterocycles. The van der Waals surface area contributed by atoms with Crippen LogP contribution in [0.5, 0.6) is 0 Å². The Morgan fingerprint density at radius 1 is 1.62 bits per heavy atom. The molecule has 0 spiro atoms. The van der Waals surface area contributed by atoms with Crippen molar-refractivity contribution in [1.82, 2.24) is 6.15 Å². The summed E-state index contributed by atoms with van der Waals surface area (Å²) in [7, 11) is 1.62. The van der Waals surface area contributed by atoms with E-state index in [1.165, 1.54) is 6.20 Å². The minimum absolute atomic E-state index is 0. The normalized spacial score (nSPS) is 7.62. The van der Waals surface area contributed by atoms with Crippen LogP contribution < -0.4 is 11.9 Å². The lowest BCUT2D eigenvalue weighted by Gasteiger charge is -1.81. The monoisotopic (exact) mass is 120 g/mol. The number of methoxy groups -OCH3 is 1. The highest BCUT2D eigenvalue weighted by atomic mass is 16.5. The van der Waals surface area contributed by atoms with E-state index < -0.39 is 0 Å². The Bertz CT molecular complexity index is 45.7. The minimum Gasteiger partial charge on any atom is -0.405 e. The van der Waals surface area contributed by atoms with Gasteiger partial charge in [0.25, 0.3) is 0 Å². The molecule has 0 aromatic carbocycles. The summed E-state index contributed by atoms with van der Waals surface area (Å²) in [5.74, 6) is 0. The Morgan fingerprint density at radius 2 is 2.12 bits per heavy atom. The molecule has 0 amide bonds. The summed E-state index contributed by atoms with van der Waals surface area (Å²) in [4.78, 5) is 0. The highest BCUT2D eigenvalue weighted by Gasteiger charge is 1.62. The second-order valence-electron chi connectivity index (χ2n) is 0.883. The Hall–Kier alpha value is -0.540. The predicted octanol–water partition coefficient (Wildman–Crippen LogP) is 0.903. The Kier molecular flexibility index (Phi) is 31.5. The van der Waals surface area contributed by atoms with Crippen molar-refractivity contribution in [2.45, 2.75) is 7.43 Å². The Morgan fingerprint density at radius 3 is 2.25 bits per heavy atom. The van der Waals surface area contributed by atoms with E-state index in [1.807, 2.05) is 0 Å². The van der Waals surface area contributed by atoms with E-state index in [0.717, 1.165) is 0 Å². The summed E-state index contributed by atoms with van der Waals surface area (Å²) in [6.07, 6.45) is 3.20. The second kappa shape index (κ2) is 16.1. The number of hydrogen-bond donors (Lipinski definition) is 2. The first-order valence-corrected chi connectivity index (χ1v) is 1.77. The van der Waals surface area contributed by atoms with Gasteiger partial charge in [-0.05, 0) is 12.3 Å². The Balaban J connectivity index is -0.000000125. The SMILES string of the molecule is C.COC/C=C\N.N. The van der Waals surface area contributed by atoms with E-state index >= 15 is 0 Å². The van der Waals surface area contributed by atoms with Crippen LogP contribution in [-0.2, 0) is 4.74 Å². The van der Waals surface area contributed by atoms with Crippen molar-refractivity contribution in [2.24, 2.45) is 5.73 Å². The van der Waals surface area contributed by atoms with Crippen molar-refractivity contribution < 1.29 is 4.74 Å². The number of ether oxygens (including phenoxy) is 1. The summed E-state index contributed by atoms with van der Waals surface area (Å²) in [5, 5.41) is 0. The van der Waals surface area contributed by atoms with Gasteiger partial charge in [-0.15, -0.1) is 0 Å². The zero-order chi connectivity index (χ0) is 4.83. The minimum atomic E-state index is 0. The van der Waals surface area contributed by atoms with Crippen LogP contribution >= 0.6 is 0 Å². The average molecular weight is 120 g/mol. The first kappa shape index (κ1) is 15.7. The van der Waals surface area contributed by atoms with Crippen molar-refractivity contribution in [3.8, 4) is 0 Å². The first-order valence-electron chi connectivity index (χ1n) is 1.77. The van der Waals surface area contributed by atoms with Crippen LogP contribution in [0.15, 0.2) is 12.3 Å². The number of rotatable bonds is 2. The van der Waals surface area contributed by atoms with Gasteiger partial charge in [0.1, 0.15) is 0 Å². The van der Waals surface area contributed by atoms with Crippen LogP contribution in [0.4, 0.5) is 0 Å². The molecule has 3 nitrogen and oxygen atoms in total. The summed E-state index contributed by atoms with van der Waals surface area (Å²) in [6, 6.07) is 0. The lowest BCUT2D eigenvalue weighted by Crippen LogP contribution is -1.83. The van der Waals surface area contributed by atoms with Gasteiger partial charge in [-0.25, -0.2) is 0 Å². The molecule has 0 atom stereocenters. The van der Waals surface area contributed by atoms with Gasteiger partial charge < -0.3 is 16.6 Å². The molecule has 0 aliphatic heterocycles. The molecule has 0 bridgehead atoms. The van der Waals surface area contributed by atoms with Gasteiger partial charge in [-0.2, -0.15) is 0 Å². The third-order valence-corrected chi connectivity index (χ3v) is 0.399. The molecule has 0 radical (unpaired) electrons. The van der Waals surface area contributed by atoms with E-state index in [-0.39, 0.29) is 13.6 Å². The number of hydrogen-bond acceptors (Lipinski definition) is 3. The summed E-state index contributed by atoms with van der Waals surface area (Å²) >= 11 is 0. The smallest absolute Gasteiger partial charge is 0.0660 e. The van der Waals surface area contributed by atoms with Crippen LogP contribution in [0.2, 0.25) is 0 Å². The largest absolute Gasteiger partial charge is 0.405 e. The fraction of sp³-hybridized carbons (Fsp3) is 0.600. The molecule has 0 saturated carbocycles. The lowest BCUT2D eigenvalue weighted by atomic mass is 10.7. The van der Waals surface area contributed by atoms with Crippen molar-refractivity contribution in [1.29, 1.82) is 0 Å². The van der Waals surface area contributed by atoms with E-state index in [9.17, 15) is 0 Å². The van der Waals surface area contributed by atoms with E-state index in [0.29, 0.717) is 6.61 Å². The molecule has 0 aliphatic carbocycles. The molecule has 0 aromatic rings. The van der Waals surface area contributed by atoms with Crippen molar-refractivity contribution >= 4 is 0 Å². The van der Waals surface area contributed by atoms with Gasteiger partial charge in [0.2, 0.25) is 0 Å². The van der Waals surface area contributed by atoms with Gasteiger partial charge in [0.15, 0.2) is 0 Å². The average Bonchev–Trinajstić information content (AvgIpc) is 1.61. The zero-order valence-electron chi connectivity index (χ0n) is 4.55. The molecular formula is C5H16N2O. The van der Waals surface area contributed by atoms with Crippen molar-refractivity contribution in [2.75, 3.05) is 13.7 Å². The molecule has 0 unspecified atom stereocenters. The summed E-state index contributed by atoms with van der Waals surface area (Å²) in [6.45, 7) is 0.608. The van der Waals surface area contributed by atoms with E-state index in [1.54, 1.807) is 13.2 Å². The molecule has 8 heavy (non-hydrogen) atoms. The molecular weight excluding hydrogens is 104 g/mol. The fourth-order valence-electron chi connectivity index (χ4n) is 0.152. The van der Waals surface area contributed by atoms with E-state index in [4.69, 9.17) is 5.73 Å². The maximum absolute atomic E-state index is 4.95. The molecule has 3 heteroatoms. The first-order chi connectivity index (χ1) is 2.91. The van der Waals surface area contributed by atoms with Crippen LogP contribution in [0, 0.1) is 0 Å². The third kappa shape index (κ3) is 17.9. The van der Waals surface area contributed by atoms with Gasteiger partial charge in [0.05, 0.1) is 6.61 Å². The van der Waals surface area contributed by atoms with Gasteiger partial charge >= 0.3 is 0 Å². The van der Waals surface area contributed by atoms with Crippen molar-refractivity contribution in [3.05, 3.63) is 12.3 Å². The highest BCUT2D eigenvalue weighted by molar-refractivity contribution is 4.73. The molecule has 0 aromatic heterocycles. The maximum atomic E-state index is 4.95. The van der Waals surface area contributed by atoms with Gasteiger partial charge in [-0.3, -0.25) is 0 Å². The topological polar surface area (TPSA) is 70.2 Å². The zero-order valence-corrected chi connectivity index (χ0v) is 4.55. The van der Waals surface area contributed by atoms with Crippen molar-refractivity contribution in [3.63, 3.8) is 0 Å². The maximum Gasteiger partial charge on any atom is 0.0660 e. The molecule has 52 valence electrons. The molecule has 0 saturated heterocycles. The van der Waals surface area contributed by atoms with Crippen LogP contribution in [0.3, 0.4) is 0 Å². The fourth-order valence-corrected chi connectivity index (χ4v) is 0.152. The van der Waals surface area contributed by atoms with Crippen LogP contribution in [0.1, 0.15) is 7.43 Å². The Labute approximate surface area is 51.1 Å². The van der Waals surface area contributed by atoms with Crippen LogP contribution in [-0.4, -0.2) is 13.7 Å². The lowest BCUT2D eigenvalue weighted by molar-refractivity contribution is 0.233. The second-order valence-corrected chi connectivity index (χ2v) is 0.883. The van der Waals surface area contributed by atoms with Crippen LogP contribution in [0.25, 0.3) is 0 Å². The number of nitrogens with two attached hydrogens (primary N) is 1. The molecule has 0 aliphatic rings. The van der Waals surface area contributed by atoms with Gasteiger partial charge in [-0.1, -0.05) is 7.43 Å². The third-order valence-electron chi connectivity index (χ3n) is 0.399. The molecule has 0 rings (SSSR count). The standard InChI is InChI=1S/C4H9NO.CH4.H3N/c1-6-4-2-3-5;;/h2-3H,4-5H2,1H3;1H4;1H3/b3-2-;;.